The minimum atomic E-state index is -5.08. The largest absolute Gasteiger partial charge is 0.490 e. The molecule has 11 nitrogen and oxygen atoms in total. The summed E-state index contributed by atoms with van der Waals surface area (Å²) in [7, 11) is 0. The number of nitrogens with zero attached hydrogens (tertiary/aromatic N) is 3. The number of carboxylic acids is 2. The molecule has 0 aliphatic carbocycles. The smallest absolute Gasteiger partial charge is 0.475 e. The zero-order chi connectivity index (χ0) is 29.1. The second-order valence-corrected chi connectivity index (χ2v) is 8.61. The standard InChI is InChI=1S/C18H28N4O3.2C2HF3O2/c1-6-19-18(21-17(1)20-14-2-8-23-9-3-14)16-13-25-12-7-22(16)15-4-10-24-11-5-15;2*3-2(4,5)1(6)7/h1,6,14-16H,2-5,7-13H2,(H,19,20,21);2*(H,6,7). The van der Waals surface area contributed by atoms with Crippen molar-refractivity contribution in [2.75, 3.05) is 51.5 Å². The Morgan fingerprint density at radius 2 is 1.38 bits per heavy atom. The maximum absolute atomic E-state index is 10.6. The first kappa shape index (κ1) is 32.5. The van der Waals surface area contributed by atoms with Crippen molar-refractivity contribution >= 4 is 17.8 Å². The molecular formula is C22H30F6N4O7. The van der Waals surface area contributed by atoms with Crippen LogP contribution in [0.1, 0.15) is 37.5 Å². The summed E-state index contributed by atoms with van der Waals surface area (Å²) < 4.78 is 80.2. The predicted molar refractivity (Wildman–Crippen MR) is 121 cm³/mol. The number of carbonyl (C=O) groups is 2. The summed E-state index contributed by atoms with van der Waals surface area (Å²) in [6.45, 7) is 5.73. The first-order valence-corrected chi connectivity index (χ1v) is 12.0. The molecule has 3 aliphatic heterocycles. The number of nitrogens with one attached hydrogen (secondary N) is 1. The van der Waals surface area contributed by atoms with E-state index < -0.39 is 24.3 Å². The maximum Gasteiger partial charge on any atom is 0.490 e. The molecule has 1 atom stereocenters. The van der Waals surface area contributed by atoms with Crippen molar-refractivity contribution in [1.29, 1.82) is 0 Å². The van der Waals surface area contributed by atoms with Crippen molar-refractivity contribution in [2.45, 2.75) is 56.2 Å². The third kappa shape index (κ3) is 11.5. The van der Waals surface area contributed by atoms with Gasteiger partial charge in [-0.15, -0.1) is 0 Å². The van der Waals surface area contributed by atoms with Gasteiger partial charge in [-0.1, -0.05) is 0 Å². The van der Waals surface area contributed by atoms with Gasteiger partial charge in [-0.3, -0.25) is 4.90 Å². The van der Waals surface area contributed by atoms with Gasteiger partial charge in [0.1, 0.15) is 11.6 Å². The van der Waals surface area contributed by atoms with E-state index in [1.807, 2.05) is 12.3 Å². The lowest BCUT2D eigenvalue weighted by Crippen LogP contribution is -2.48. The molecular weight excluding hydrogens is 546 g/mol. The Kier molecular flexibility index (Phi) is 12.6. The first-order chi connectivity index (χ1) is 18.3. The molecule has 4 rings (SSSR count). The fourth-order valence-corrected chi connectivity index (χ4v) is 3.96. The quantitative estimate of drug-likeness (QED) is 0.456. The Morgan fingerprint density at radius 3 is 1.90 bits per heavy atom. The zero-order valence-electron chi connectivity index (χ0n) is 20.7. The van der Waals surface area contributed by atoms with Gasteiger partial charge in [-0.25, -0.2) is 19.6 Å². The average molecular weight is 576 g/mol. The highest BCUT2D eigenvalue weighted by Crippen LogP contribution is 2.28. The van der Waals surface area contributed by atoms with Crippen LogP contribution < -0.4 is 5.32 Å². The summed E-state index contributed by atoms with van der Waals surface area (Å²) in [5.41, 5.74) is 0. The number of aliphatic carboxylic acids is 2. The Hall–Kier alpha value is -2.76. The molecule has 0 amide bonds. The lowest BCUT2D eigenvalue weighted by atomic mass is 10.0. The van der Waals surface area contributed by atoms with Gasteiger partial charge in [0.15, 0.2) is 0 Å². The Labute approximate surface area is 219 Å². The molecule has 1 aromatic heterocycles. The van der Waals surface area contributed by atoms with Gasteiger partial charge in [0, 0.05) is 51.3 Å². The lowest BCUT2D eigenvalue weighted by molar-refractivity contribution is -0.193. The number of morpholine rings is 1. The second kappa shape index (κ2) is 15.1. The molecule has 3 fully saturated rings. The van der Waals surface area contributed by atoms with E-state index in [1.54, 1.807) is 0 Å². The minimum absolute atomic E-state index is 0.133. The summed E-state index contributed by atoms with van der Waals surface area (Å²) in [5.74, 6) is -3.74. The minimum Gasteiger partial charge on any atom is -0.475 e. The number of anilines is 1. The molecule has 0 radical (unpaired) electrons. The highest BCUT2D eigenvalue weighted by molar-refractivity contribution is 5.73. The van der Waals surface area contributed by atoms with E-state index in [-0.39, 0.29) is 6.04 Å². The molecule has 3 N–H and O–H groups in total. The molecule has 0 aromatic carbocycles. The lowest BCUT2D eigenvalue weighted by Gasteiger charge is -2.41. The summed E-state index contributed by atoms with van der Waals surface area (Å²) in [5, 5.41) is 17.8. The number of alkyl halides is 6. The van der Waals surface area contributed by atoms with E-state index in [9.17, 15) is 26.3 Å². The van der Waals surface area contributed by atoms with Crippen molar-refractivity contribution < 1.29 is 60.4 Å². The summed E-state index contributed by atoms with van der Waals surface area (Å²) >= 11 is 0. The molecule has 0 saturated carbocycles. The molecule has 4 heterocycles. The van der Waals surface area contributed by atoms with Crippen molar-refractivity contribution in [3.05, 3.63) is 18.1 Å². The average Bonchev–Trinajstić information content (AvgIpc) is 2.90. The number of aromatic nitrogens is 2. The first-order valence-electron chi connectivity index (χ1n) is 12.0. The van der Waals surface area contributed by atoms with Gasteiger partial charge in [0.2, 0.25) is 0 Å². The number of hydrogen-bond acceptors (Lipinski definition) is 9. The molecule has 17 heteroatoms. The van der Waals surface area contributed by atoms with E-state index >= 15 is 0 Å². The van der Waals surface area contributed by atoms with E-state index in [4.69, 9.17) is 39.0 Å². The van der Waals surface area contributed by atoms with Gasteiger partial charge < -0.3 is 29.7 Å². The highest BCUT2D eigenvalue weighted by atomic mass is 19.4. The maximum atomic E-state index is 10.6. The second-order valence-electron chi connectivity index (χ2n) is 8.61. The number of carboxylic acid groups (broad SMARTS) is 2. The predicted octanol–water partition coefficient (Wildman–Crippen LogP) is 2.89. The fourth-order valence-electron chi connectivity index (χ4n) is 3.96. The number of rotatable bonds is 4. The van der Waals surface area contributed by atoms with Gasteiger partial charge in [0.25, 0.3) is 0 Å². The topological polar surface area (TPSA) is 143 Å². The third-order valence-corrected chi connectivity index (χ3v) is 5.86. The molecule has 39 heavy (non-hydrogen) atoms. The van der Waals surface area contributed by atoms with E-state index in [0.29, 0.717) is 18.7 Å². The third-order valence-electron chi connectivity index (χ3n) is 5.86. The molecule has 0 bridgehead atoms. The molecule has 222 valence electrons. The van der Waals surface area contributed by atoms with Crippen LogP contribution in [0.15, 0.2) is 12.3 Å². The van der Waals surface area contributed by atoms with Crippen LogP contribution in [0.5, 0.6) is 0 Å². The molecule has 3 aliphatic rings. The van der Waals surface area contributed by atoms with Gasteiger partial charge in [-0.05, 0) is 31.7 Å². The van der Waals surface area contributed by atoms with Gasteiger partial charge in [-0.2, -0.15) is 26.3 Å². The zero-order valence-corrected chi connectivity index (χ0v) is 20.7. The van der Waals surface area contributed by atoms with Crippen LogP contribution in [0.3, 0.4) is 0 Å². The number of ether oxygens (including phenoxy) is 3. The SMILES string of the molecule is O=C(O)C(F)(F)F.O=C(O)C(F)(F)F.c1cc(NC2CCOCC2)nc(C2COCCN2C2CCOCC2)n1. The van der Waals surface area contributed by atoms with Gasteiger partial charge >= 0.3 is 24.3 Å². The Bertz CT molecular complexity index is 886. The van der Waals surface area contributed by atoms with Crippen molar-refractivity contribution in [1.82, 2.24) is 14.9 Å². The van der Waals surface area contributed by atoms with E-state index in [2.05, 4.69) is 15.2 Å². The van der Waals surface area contributed by atoms with Crippen LogP contribution in [0.2, 0.25) is 0 Å². The Balaban J connectivity index is 0.000000317. The van der Waals surface area contributed by atoms with E-state index in [0.717, 1.165) is 76.9 Å². The van der Waals surface area contributed by atoms with Crippen LogP contribution >= 0.6 is 0 Å². The van der Waals surface area contributed by atoms with Crippen molar-refractivity contribution in [3.63, 3.8) is 0 Å². The summed E-state index contributed by atoms with van der Waals surface area (Å²) in [6, 6.07) is 3.07. The van der Waals surface area contributed by atoms with Crippen molar-refractivity contribution in [2.24, 2.45) is 0 Å². The van der Waals surface area contributed by atoms with Crippen LogP contribution in [-0.2, 0) is 23.8 Å². The van der Waals surface area contributed by atoms with Crippen LogP contribution in [0, 0.1) is 0 Å². The molecule has 3 saturated heterocycles. The summed E-state index contributed by atoms with van der Waals surface area (Å²) in [4.78, 5) is 29.7. The Morgan fingerprint density at radius 1 is 0.872 bits per heavy atom. The fraction of sp³-hybridized carbons (Fsp3) is 0.727. The van der Waals surface area contributed by atoms with Crippen LogP contribution in [0.25, 0.3) is 0 Å². The number of halogens is 6. The monoisotopic (exact) mass is 576 g/mol. The summed E-state index contributed by atoms with van der Waals surface area (Å²) in [6.07, 6.45) is -4.09. The number of hydrogen-bond donors (Lipinski definition) is 3. The van der Waals surface area contributed by atoms with Gasteiger partial charge in [0.05, 0.1) is 19.3 Å². The normalized spacial score (nSPS) is 21.5. The van der Waals surface area contributed by atoms with E-state index in [1.165, 1.54) is 0 Å². The van der Waals surface area contributed by atoms with Crippen molar-refractivity contribution in [3.8, 4) is 0 Å². The van der Waals surface area contributed by atoms with Crippen LogP contribution in [-0.4, -0.2) is 108 Å². The molecule has 1 aromatic rings. The van der Waals surface area contributed by atoms with Crippen LogP contribution in [0.4, 0.5) is 32.2 Å². The highest BCUT2D eigenvalue weighted by Gasteiger charge is 2.39. The molecule has 0 spiro atoms. The molecule has 1 unspecified atom stereocenters.